The highest BCUT2D eigenvalue weighted by atomic mass is 16.3. The molecule has 0 saturated carbocycles. The monoisotopic (exact) mass is 342 g/mol. The van der Waals surface area contributed by atoms with Gasteiger partial charge >= 0.3 is 0 Å². The summed E-state index contributed by atoms with van der Waals surface area (Å²) in [4.78, 5) is 10.2. The Morgan fingerprint density at radius 2 is 0.958 bits per heavy atom. The summed E-state index contributed by atoms with van der Waals surface area (Å²) >= 11 is 0. The second-order valence-corrected chi connectivity index (χ2v) is 7.05. The zero-order chi connectivity index (χ0) is 17.8. The highest BCUT2D eigenvalue weighted by Crippen LogP contribution is 2.04. The van der Waals surface area contributed by atoms with Crippen LogP contribution in [0.15, 0.2) is 0 Å². The summed E-state index contributed by atoms with van der Waals surface area (Å²) in [5, 5.41) is 10.2. The van der Waals surface area contributed by atoms with Gasteiger partial charge in [-0.2, -0.15) is 0 Å². The Morgan fingerprint density at radius 3 is 1.25 bits per heavy atom. The van der Waals surface area contributed by atoms with Crippen molar-refractivity contribution in [2.45, 2.75) is 46.6 Å². The molecule has 1 heterocycles. The normalized spacial score (nSPS) is 22.9. The molecule has 1 unspecified atom stereocenters. The van der Waals surface area contributed by atoms with Gasteiger partial charge in [-0.05, 0) is 26.1 Å². The molecule has 0 spiro atoms. The lowest BCUT2D eigenvalue weighted by Gasteiger charge is -2.34. The van der Waals surface area contributed by atoms with Gasteiger partial charge in [0.15, 0.2) is 0 Å². The van der Waals surface area contributed by atoms with E-state index >= 15 is 0 Å². The van der Waals surface area contributed by atoms with E-state index in [-0.39, 0.29) is 6.10 Å². The maximum atomic E-state index is 10.2. The molecule has 24 heavy (non-hydrogen) atoms. The first kappa shape index (κ1) is 21.8. The third kappa shape index (κ3) is 8.77. The standard InChI is InChI=1S/C19H42N4O/c1-5-9-19(24)18-23-16-14-21(7-3)12-10-20(6-2)11-13-22(8-4)15-17-23/h19,24H,5-18H2,1-4H3. The molecule has 1 fully saturated rings. The second kappa shape index (κ2) is 13.1. The third-order valence-corrected chi connectivity index (χ3v) is 5.36. The molecule has 0 radical (unpaired) electrons. The lowest BCUT2D eigenvalue weighted by Crippen LogP contribution is -2.47. The fourth-order valence-corrected chi connectivity index (χ4v) is 3.43. The molecule has 0 aliphatic carbocycles. The first-order valence-corrected chi connectivity index (χ1v) is 10.2. The maximum Gasteiger partial charge on any atom is 0.0667 e. The van der Waals surface area contributed by atoms with Crippen LogP contribution >= 0.6 is 0 Å². The van der Waals surface area contributed by atoms with Crippen LogP contribution in [0.25, 0.3) is 0 Å². The highest BCUT2D eigenvalue weighted by Gasteiger charge is 2.16. The minimum absolute atomic E-state index is 0.177. The summed E-state index contributed by atoms with van der Waals surface area (Å²) in [7, 11) is 0. The molecule has 144 valence electrons. The van der Waals surface area contributed by atoms with Crippen LogP contribution in [0.4, 0.5) is 0 Å². The van der Waals surface area contributed by atoms with Crippen LogP contribution in [-0.4, -0.2) is 109 Å². The number of β-amino-alcohol motifs (C(OH)–C–C–N with tert-alkyl or cyclic N) is 1. The van der Waals surface area contributed by atoms with Crippen LogP contribution < -0.4 is 0 Å². The fourth-order valence-electron chi connectivity index (χ4n) is 3.43. The van der Waals surface area contributed by atoms with Gasteiger partial charge in [-0.1, -0.05) is 34.1 Å². The van der Waals surface area contributed by atoms with Gasteiger partial charge < -0.3 is 19.8 Å². The predicted molar refractivity (Wildman–Crippen MR) is 104 cm³/mol. The van der Waals surface area contributed by atoms with E-state index < -0.39 is 0 Å². The van der Waals surface area contributed by atoms with Crippen molar-refractivity contribution in [2.24, 2.45) is 0 Å². The molecule has 1 rings (SSSR count). The molecule has 0 bridgehead atoms. The summed E-state index contributed by atoms with van der Waals surface area (Å²) in [6.07, 6.45) is 1.80. The van der Waals surface area contributed by atoms with Gasteiger partial charge in [-0.15, -0.1) is 0 Å². The van der Waals surface area contributed by atoms with Crippen molar-refractivity contribution in [3.63, 3.8) is 0 Å². The van der Waals surface area contributed by atoms with Crippen molar-refractivity contribution in [3.05, 3.63) is 0 Å². The van der Waals surface area contributed by atoms with Gasteiger partial charge in [-0.3, -0.25) is 4.90 Å². The first-order valence-electron chi connectivity index (χ1n) is 10.2. The van der Waals surface area contributed by atoms with Crippen LogP contribution in [0.1, 0.15) is 40.5 Å². The minimum Gasteiger partial charge on any atom is -0.392 e. The van der Waals surface area contributed by atoms with Gasteiger partial charge in [0.2, 0.25) is 0 Å². The fraction of sp³-hybridized carbons (Fsp3) is 1.00. The molecular formula is C19H42N4O. The van der Waals surface area contributed by atoms with E-state index in [9.17, 15) is 5.11 Å². The molecule has 1 atom stereocenters. The summed E-state index contributed by atoms with van der Waals surface area (Å²) in [6.45, 7) is 22.1. The van der Waals surface area contributed by atoms with E-state index in [4.69, 9.17) is 0 Å². The smallest absolute Gasteiger partial charge is 0.0667 e. The van der Waals surface area contributed by atoms with E-state index in [2.05, 4.69) is 47.3 Å². The number of hydrogen-bond acceptors (Lipinski definition) is 5. The summed E-state index contributed by atoms with van der Waals surface area (Å²) in [5.74, 6) is 0. The van der Waals surface area contributed by atoms with E-state index in [0.717, 1.165) is 78.3 Å². The highest BCUT2D eigenvalue weighted by molar-refractivity contribution is 4.72. The zero-order valence-corrected chi connectivity index (χ0v) is 16.7. The average molecular weight is 343 g/mol. The number of aliphatic hydroxyl groups is 1. The molecule has 0 amide bonds. The Balaban J connectivity index is 2.65. The molecule has 1 N–H and O–H groups in total. The summed E-state index contributed by atoms with van der Waals surface area (Å²) < 4.78 is 0. The van der Waals surface area contributed by atoms with Crippen LogP contribution in [0.2, 0.25) is 0 Å². The average Bonchev–Trinajstić information content (AvgIpc) is 2.58. The van der Waals surface area contributed by atoms with Crippen LogP contribution in [0, 0.1) is 0 Å². The molecular weight excluding hydrogens is 300 g/mol. The van der Waals surface area contributed by atoms with Gasteiger partial charge in [-0.25, -0.2) is 0 Å². The Hall–Kier alpha value is -0.200. The SMILES string of the molecule is CCCC(O)CN1CCN(CC)CCN(CC)CCN(CC)CC1. The van der Waals surface area contributed by atoms with Gasteiger partial charge in [0, 0.05) is 58.9 Å². The Kier molecular flexibility index (Phi) is 11.9. The molecule has 5 heteroatoms. The molecule has 0 aromatic carbocycles. The predicted octanol–water partition coefficient (Wildman–Crippen LogP) is 1.43. The van der Waals surface area contributed by atoms with Crippen molar-refractivity contribution in [2.75, 3.05) is 78.5 Å². The van der Waals surface area contributed by atoms with Gasteiger partial charge in [0.1, 0.15) is 0 Å². The lowest BCUT2D eigenvalue weighted by molar-refractivity contribution is 0.0835. The number of aliphatic hydroxyl groups excluding tert-OH is 1. The van der Waals surface area contributed by atoms with Crippen molar-refractivity contribution < 1.29 is 5.11 Å². The van der Waals surface area contributed by atoms with E-state index in [1.54, 1.807) is 0 Å². The summed E-state index contributed by atoms with van der Waals surface area (Å²) in [6, 6.07) is 0. The van der Waals surface area contributed by atoms with Crippen molar-refractivity contribution >= 4 is 0 Å². The number of rotatable bonds is 7. The molecule has 0 aromatic heterocycles. The van der Waals surface area contributed by atoms with Crippen LogP contribution in [0.3, 0.4) is 0 Å². The van der Waals surface area contributed by atoms with Gasteiger partial charge in [0.05, 0.1) is 6.10 Å². The maximum absolute atomic E-state index is 10.2. The Labute approximate surface area is 150 Å². The number of hydrogen-bond donors (Lipinski definition) is 1. The van der Waals surface area contributed by atoms with E-state index in [1.807, 2.05) is 0 Å². The van der Waals surface area contributed by atoms with Crippen molar-refractivity contribution in [1.82, 2.24) is 19.6 Å². The molecule has 1 aliphatic rings. The molecule has 5 nitrogen and oxygen atoms in total. The molecule has 1 aliphatic heterocycles. The minimum atomic E-state index is -0.177. The Morgan fingerprint density at radius 1 is 0.625 bits per heavy atom. The topological polar surface area (TPSA) is 33.2 Å². The van der Waals surface area contributed by atoms with Crippen molar-refractivity contribution in [3.8, 4) is 0 Å². The van der Waals surface area contributed by atoms with Crippen LogP contribution in [0.5, 0.6) is 0 Å². The van der Waals surface area contributed by atoms with E-state index in [1.165, 1.54) is 13.1 Å². The second-order valence-electron chi connectivity index (χ2n) is 7.05. The van der Waals surface area contributed by atoms with E-state index in [0.29, 0.717) is 0 Å². The number of nitrogens with zero attached hydrogens (tertiary/aromatic N) is 4. The number of likely N-dealkylation sites (N-methyl/N-ethyl adjacent to an activating group) is 3. The molecule has 0 aromatic rings. The third-order valence-electron chi connectivity index (χ3n) is 5.36. The van der Waals surface area contributed by atoms with Gasteiger partial charge in [0.25, 0.3) is 0 Å². The first-order chi connectivity index (χ1) is 11.6. The molecule has 1 saturated heterocycles. The summed E-state index contributed by atoms with van der Waals surface area (Å²) in [5.41, 5.74) is 0. The largest absolute Gasteiger partial charge is 0.392 e. The zero-order valence-electron chi connectivity index (χ0n) is 16.7. The van der Waals surface area contributed by atoms with Crippen LogP contribution in [-0.2, 0) is 0 Å². The quantitative estimate of drug-likeness (QED) is 0.757. The Bertz CT molecular complexity index is 283. The van der Waals surface area contributed by atoms with Crippen molar-refractivity contribution in [1.29, 1.82) is 0 Å². The lowest BCUT2D eigenvalue weighted by atomic mass is 10.2.